The number of Topliss-reactive ketones (excluding diaryl/α,β-unsaturated/α-hetero) is 1. The van der Waals surface area contributed by atoms with Gasteiger partial charge in [0.25, 0.3) is 0 Å². The quantitative estimate of drug-likeness (QED) is 0.628. The zero-order chi connectivity index (χ0) is 23.5. The average Bonchev–Trinajstić information content (AvgIpc) is 3.12. The maximum absolute atomic E-state index is 13.7. The Morgan fingerprint density at radius 2 is 2.00 bits per heavy atom. The highest BCUT2D eigenvalue weighted by Crippen LogP contribution is 2.41. The van der Waals surface area contributed by atoms with Crippen molar-refractivity contribution in [1.29, 1.82) is 0 Å². The first kappa shape index (κ1) is 24.0. The number of alkyl carbamates (subject to hydrolysis) is 1. The number of rotatable bonds is 7. The number of alkyl halides is 2. The molecule has 0 spiro atoms. The molecule has 3 rings (SSSR count). The summed E-state index contributed by atoms with van der Waals surface area (Å²) in [5.41, 5.74) is 0.550. The van der Waals surface area contributed by atoms with Crippen molar-refractivity contribution in [3.05, 3.63) is 29.7 Å². The van der Waals surface area contributed by atoms with Crippen LogP contribution in [0.5, 0.6) is 0 Å². The van der Waals surface area contributed by atoms with E-state index in [0.717, 1.165) is 0 Å². The fourth-order valence-electron chi connectivity index (χ4n) is 3.74. The lowest BCUT2D eigenvalue weighted by Crippen LogP contribution is -2.40. The number of hydrogen-bond acceptors (Lipinski definition) is 6. The normalized spacial score (nSPS) is 17.8. The second-order valence-electron chi connectivity index (χ2n) is 9.09. The second kappa shape index (κ2) is 9.48. The molecule has 2 heterocycles. The first-order valence-electron chi connectivity index (χ1n) is 10.8. The highest BCUT2D eigenvalue weighted by atomic mass is 19.3. The van der Waals surface area contributed by atoms with Crippen LogP contribution in [0.15, 0.2) is 18.5 Å². The molecule has 1 aliphatic carbocycles. The molecule has 1 fully saturated rings. The maximum atomic E-state index is 13.7. The van der Waals surface area contributed by atoms with E-state index in [9.17, 15) is 18.4 Å². The number of carbonyl (C=O) groups is 2. The molecule has 2 aromatic rings. The third kappa shape index (κ3) is 6.21. The molecule has 2 aromatic heterocycles. The van der Waals surface area contributed by atoms with Crippen molar-refractivity contribution < 1.29 is 27.8 Å². The average molecular weight is 453 g/mol. The SMILES string of the molecule is CCOCC(=O)c1cnn2cc([C@@H](NC(=O)OC(C)(C)C)C3CCC(F)(F)CC3)nc2c1. The highest BCUT2D eigenvalue weighted by molar-refractivity contribution is 5.97. The number of aromatic nitrogens is 3. The van der Waals surface area contributed by atoms with Gasteiger partial charge in [0.1, 0.15) is 12.2 Å². The molecular weight excluding hydrogens is 422 g/mol. The van der Waals surface area contributed by atoms with Gasteiger partial charge in [0, 0.05) is 25.0 Å². The third-order valence-electron chi connectivity index (χ3n) is 5.32. The minimum Gasteiger partial charge on any atom is -0.444 e. The predicted octanol–water partition coefficient (Wildman–Crippen LogP) is 4.34. The first-order valence-corrected chi connectivity index (χ1v) is 10.8. The summed E-state index contributed by atoms with van der Waals surface area (Å²) < 4.78 is 39.5. The van der Waals surface area contributed by atoms with E-state index in [1.165, 1.54) is 10.7 Å². The van der Waals surface area contributed by atoms with Crippen molar-refractivity contribution in [2.45, 2.75) is 70.9 Å². The largest absolute Gasteiger partial charge is 0.444 e. The van der Waals surface area contributed by atoms with Gasteiger partial charge in [0.2, 0.25) is 5.92 Å². The van der Waals surface area contributed by atoms with Crippen molar-refractivity contribution >= 4 is 17.5 Å². The Bertz CT molecular complexity index is 960. The van der Waals surface area contributed by atoms with Crippen LogP contribution in [0.1, 0.15) is 75.5 Å². The number of ether oxygens (including phenoxy) is 2. The van der Waals surface area contributed by atoms with Crippen LogP contribution in [0, 0.1) is 5.92 Å². The molecule has 176 valence electrons. The molecule has 0 unspecified atom stereocenters. The van der Waals surface area contributed by atoms with Crippen LogP contribution in [0.3, 0.4) is 0 Å². The van der Waals surface area contributed by atoms with Crippen LogP contribution >= 0.6 is 0 Å². The fourth-order valence-corrected chi connectivity index (χ4v) is 3.74. The number of halogens is 2. The standard InChI is InChI=1S/C22H30F2N4O4/c1-5-31-13-17(29)15-10-18-26-16(12-28(18)25-11-15)19(27-20(30)32-21(2,3)4)14-6-8-22(23,24)9-7-14/h10-12,14,19H,5-9,13H2,1-4H3,(H,27,30)/t19-/m0/s1. The number of hydrogen-bond donors (Lipinski definition) is 1. The summed E-state index contributed by atoms with van der Waals surface area (Å²) in [7, 11) is 0. The number of ketones is 1. The van der Waals surface area contributed by atoms with Gasteiger partial charge in [-0.05, 0) is 52.5 Å². The Morgan fingerprint density at radius 3 is 2.62 bits per heavy atom. The molecule has 1 amide bonds. The summed E-state index contributed by atoms with van der Waals surface area (Å²) in [6.45, 7) is 7.41. The smallest absolute Gasteiger partial charge is 0.408 e. The van der Waals surface area contributed by atoms with Crippen molar-refractivity contribution in [1.82, 2.24) is 19.9 Å². The van der Waals surface area contributed by atoms with Gasteiger partial charge < -0.3 is 14.8 Å². The van der Waals surface area contributed by atoms with E-state index in [4.69, 9.17) is 9.47 Å². The molecule has 0 aromatic carbocycles. The number of carbonyl (C=O) groups excluding carboxylic acids is 2. The van der Waals surface area contributed by atoms with E-state index in [2.05, 4.69) is 15.4 Å². The predicted molar refractivity (Wildman–Crippen MR) is 113 cm³/mol. The van der Waals surface area contributed by atoms with Crippen LogP contribution in [-0.2, 0) is 9.47 Å². The van der Waals surface area contributed by atoms with Gasteiger partial charge in [-0.1, -0.05) is 0 Å². The van der Waals surface area contributed by atoms with E-state index < -0.39 is 23.7 Å². The van der Waals surface area contributed by atoms with E-state index in [-0.39, 0.29) is 44.0 Å². The Balaban J connectivity index is 1.87. The summed E-state index contributed by atoms with van der Waals surface area (Å²) in [5, 5.41) is 7.05. The molecule has 0 saturated heterocycles. The molecule has 1 atom stereocenters. The van der Waals surface area contributed by atoms with Crippen LogP contribution in [0.25, 0.3) is 5.65 Å². The molecule has 1 aliphatic rings. The summed E-state index contributed by atoms with van der Waals surface area (Å²) in [5.74, 6) is -3.14. The molecule has 8 nitrogen and oxygen atoms in total. The molecular formula is C22H30F2N4O4. The Kier molecular flexibility index (Phi) is 7.12. The molecule has 0 bridgehead atoms. The van der Waals surface area contributed by atoms with E-state index >= 15 is 0 Å². The van der Waals surface area contributed by atoms with Crippen LogP contribution in [-0.4, -0.2) is 51.2 Å². The molecule has 1 N–H and O–H groups in total. The summed E-state index contributed by atoms with van der Waals surface area (Å²) in [6, 6.07) is 0.974. The van der Waals surface area contributed by atoms with Crippen molar-refractivity contribution in [3.63, 3.8) is 0 Å². The highest BCUT2D eigenvalue weighted by Gasteiger charge is 2.39. The van der Waals surface area contributed by atoms with Crippen molar-refractivity contribution in [3.8, 4) is 0 Å². The summed E-state index contributed by atoms with van der Waals surface area (Å²) in [4.78, 5) is 29.3. The zero-order valence-electron chi connectivity index (χ0n) is 18.9. The van der Waals surface area contributed by atoms with Gasteiger partial charge in [0.05, 0.1) is 24.1 Å². The van der Waals surface area contributed by atoms with Gasteiger partial charge >= 0.3 is 6.09 Å². The van der Waals surface area contributed by atoms with Crippen molar-refractivity contribution in [2.24, 2.45) is 5.92 Å². The molecule has 0 aliphatic heterocycles. The van der Waals surface area contributed by atoms with E-state index in [1.807, 2.05) is 0 Å². The Morgan fingerprint density at radius 1 is 1.31 bits per heavy atom. The lowest BCUT2D eigenvalue weighted by atomic mass is 9.81. The van der Waals surface area contributed by atoms with Crippen molar-refractivity contribution in [2.75, 3.05) is 13.2 Å². The Labute approximate surface area is 185 Å². The fraction of sp³-hybridized carbons (Fsp3) is 0.636. The number of nitrogens with zero attached hydrogens (tertiary/aromatic N) is 3. The summed E-state index contributed by atoms with van der Waals surface area (Å²) in [6.07, 6.45) is 2.42. The lowest BCUT2D eigenvalue weighted by Gasteiger charge is -2.33. The topological polar surface area (TPSA) is 94.8 Å². The third-order valence-corrected chi connectivity index (χ3v) is 5.32. The minimum atomic E-state index is -2.69. The van der Waals surface area contributed by atoms with E-state index in [0.29, 0.717) is 23.5 Å². The summed E-state index contributed by atoms with van der Waals surface area (Å²) >= 11 is 0. The maximum Gasteiger partial charge on any atom is 0.408 e. The van der Waals surface area contributed by atoms with Gasteiger partial charge in [-0.2, -0.15) is 5.10 Å². The van der Waals surface area contributed by atoms with Gasteiger partial charge in [-0.3, -0.25) is 4.79 Å². The van der Waals surface area contributed by atoms with E-state index in [1.54, 1.807) is 40.0 Å². The van der Waals surface area contributed by atoms with Crippen LogP contribution in [0.2, 0.25) is 0 Å². The zero-order valence-corrected chi connectivity index (χ0v) is 18.9. The van der Waals surface area contributed by atoms with Crippen LogP contribution in [0.4, 0.5) is 13.6 Å². The number of amides is 1. The van der Waals surface area contributed by atoms with Gasteiger partial charge in [-0.15, -0.1) is 0 Å². The van der Waals surface area contributed by atoms with Gasteiger partial charge in [-0.25, -0.2) is 23.1 Å². The second-order valence-corrected chi connectivity index (χ2v) is 9.09. The molecule has 0 radical (unpaired) electrons. The number of imidazole rings is 1. The van der Waals surface area contributed by atoms with Crippen LogP contribution < -0.4 is 5.32 Å². The lowest BCUT2D eigenvalue weighted by molar-refractivity contribution is -0.0500. The molecule has 1 saturated carbocycles. The molecule has 10 heteroatoms. The monoisotopic (exact) mass is 452 g/mol. The molecule has 32 heavy (non-hydrogen) atoms. The van der Waals surface area contributed by atoms with Gasteiger partial charge in [0.15, 0.2) is 11.4 Å². The number of fused-ring (bicyclic) bond motifs is 1. The first-order chi connectivity index (χ1) is 15.0. The number of nitrogens with one attached hydrogen (secondary N) is 1. The Hall–Kier alpha value is -2.62. The minimum absolute atomic E-state index is 0.0545.